The minimum atomic E-state index is -0.392. The van der Waals surface area contributed by atoms with Gasteiger partial charge in [0.25, 0.3) is 0 Å². The largest absolute Gasteiger partial charge is 0.366 e. The van der Waals surface area contributed by atoms with E-state index in [9.17, 15) is 9.59 Å². The first-order valence-electron chi connectivity index (χ1n) is 7.98. The van der Waals surface area contributed by atoms with Crippen molar-refractivity contribution < 1.29 is 9.59 Å². The van der Waals surface area contributed by atoms with Gasteiger partial charge in [0, 0.05) is 24.6 Å². The predicted molar refractivity (Wildman–Crippen MR) is 85.4 cm³/mol. The van der Waals surface area contributed by atoms with E-state index >= 15 is 0 Å². The summed E-state index contributed by atoms with van der Waals surface area (Å²) in [5.74, 6) is 0.559. The molecule has 0 unspecified atom stereocenters. The number of primary amides is 1. The lowest BCUT2D eigenvalue weighted by Crippen LogP contribution is -2.40. The number of likely N-dealkylation sites (tertiary alicyclic amines) is 1. The maximum atomic E-state index is 12.4. The molecule has 0 spiro atoms. The van der Waals surface area contributed by atoms with E-state index < -0.39 is 5.91 Å². The zero-order valence-electron chi connectivity index (χ0n) is 12.7. The second-order valence-corrected chi connectivity index (χ2v) is 6.23. The third-order valence-electron chi connectivity index (χ3n) is 4.83. The lowest BCUT2D eigenvalue weighted by atomic mass is 9.88. The molecule has 2 aliphatic rings. The number of nitrogens with zero attached hydrogens (tertiary/aromatic N) is 1. The van der Waals surface area contributed by atoms with E-state index in [-0.39, 0.29) is 5.92 Å². The average molecular weight is 298 g/mol. The summed E-state index contributed by atoms with van der Waals surface area (Å²) in [7, 11) is 0. The number of amides is 2. The Morgan fingerprint density at radius 3 is 2.14 bits per heavy atom. The van der Waals surface area contributed by atoms with Crippen LogP contribution in [0.15, 0.2) is 36.4 Å². The zero-order valence-corrected chi connectivity index (χ0v) is 12.7. The van der Waals surface area contributed by atoms with Crippen molar-refractivity contribution in [1.29, 1.82) is 0 Å². The van der Waals surface area contributed by atoms with Crippen LogP contribution in [-0.2, 0) is 4.79 Å². The standard InChI is InChI=1S/C18H22N2O2/c19-17(21)15-7-5-13(6-8-15)14-9-11-20(12-10-14)18(22)16-3-1-2-4-16/h1-2,5-8,14,16H,3-4,9-12H2,(H2,19,21). The summed E-state index contributed by atoms with van der Waals surface area (Å²) in [6, 6.07) is 7.56. The fraction of sp³-hybridized carbons (Fsp3) is 0.444. The highest BCUT2D eigenvalue weighted by atomic mass is 16.2. The van der Waals surface area contributed by atoms with Crippen molar-refractivity contribution in [2.45, 2.75) is 31.6 Å². The number of piperidine rings is 1. The Morgan fingerprint density at radius 2 is 1.59 bits per heavy atom. The van der Waals surface area contributed by atoms with E-state index in [4.69, 9.17) is 5.73 Å². The maximum absolute atomic E-state index is 12.4. The summed E-state index contributed by atoms with van der Waals surface area (Å²) >= 11 is 0. The Morgan fingerprint density at radius 1 is 1.00 bits per heavy atom. The van der Waals surface area contributed by atoms with Gasteiger partial charge in [-0.2, -0.15) is 0 Å². The third kappa shape index (κ3) is 3.06. The van der Waals surface area contributed by atoms with Crippen molar-refractivity contribution in [2.75, 3.05) is 13.1 Å². The van der Waals surface area contributed by atoms with Crippen molar-refractivity contribution in [1.82, 2.24) is 4.90 Å². The molecule has 1 saturated heterocycles. The molecule has 0 saturated carbocycles. The molecule has 0 atom stereocenters. The van der Waals surface area contributed by atoms with Crippen LogP contribution in [-0.4, -0.2) is 29.8 Å². The molecule has 1 aromatic rings. The molecule has 4 nitrogen and oxygen atoms in total. The number of nitrogens with two attached hydrogens (primary N) is 1. The van der Waals surface area contributed by atoms with Gasteiger partial charge >= 0.3 is 0 Å². The van der Waals surface area contributed by atoms with E-state index in [0.717, 1.165) is 38.8 Å². The van der Waals surface area contributed by atoms with Crippen LogP contribution in [0, 0.1) is 5.92 Å². The molecule has 1 aliphatic carbocycles. The van der Waals surface area contributed by atoms with Crippen LogP contribution >= 0.6 is 0 Å². The van der Waals surface area contributed by atoms with Gasteiger partial charge in [0.2, 0.25) is 11.8 Å². The van der Waals surface area contributed by atoms with Crippen LogP contribution in [0.4, 0.5) is 0 Å². The molecule has 2 amide bonds. The number of carbonyl (C=O) groups excluding carboxylic acids is 2. The molecular weight excluding hydrogens is 276 g/mol. The van der Waals surface area contributed by atoms with E-state index in [1.165, 1.54) is 5.56 Å². The Labute approximate surface area is 131 Å². The molecule has 1 aliphatic heterocycles. The minimum absolute atomic E-state index is 0.173. The van der Waals surface area contributed by atoms with Gasteiger partial charge in [0.05, 0.1) is 0 Å². The third-order valence-corrected chi connectivity index (χ3v) is 4.83. The first kappa shape index (κ1) is 14.8. The maximum Gasteiger partial charge on any atom is 0.248 e. The lowest BCUT2D eigenvalue weighted by Gasteiger charge is -2.33. The van der Waals surface area contributed by atoms with Gasteiger partial charge in [0.1, 0.15) is 0 Å². The summed E-state index contributed by atoms with van der Waals surface area (Å²) in [5, 5.41) is 0. The smallest absolute Gasteiger partial charge is 0.248 e. The number of carbonyl (C=O) groups is 2. The number of rotatable bonds is 3. The van der Waals surface area contributed by atoms with Gasteiger partial charge in [0.15, 0.2) is 0 Å². The fourth-order valence-electron chi connectivity index (χ4n) is 3.43. The Balaban J connectivity index is 1.57. The minimum Gasteiger partial charge on any atom is -0.366 e. The highest BCUT2D eigenvalue weighted by molar-refractivity contribution is 5.92. The van der Waals surface area contributed by atoms with E-state index in [1.807, 2.05) is 17.0 Å². The van der Waals surface area contributed by atoms with E-state index in [2.05, 4.69) is 12.2 Å². The second-order valence-electron chi connectivity index (χ2n) is 6.23. The molecule has 4 heteroatoms. The number of hydrogen-bond donors (Lipinski definition) is 1. The monoisotopic (exact) mass is 298 g/mol. The van der Waals surface area contributed by atoms with Crippen LogP contribution in [0.1, 0.15) is 47.5 Å². The number of hydrogen-bond acceptors (Lipinski definition) is 2. The van der Waals surface area contributed by atoms with Crippen LogP contribution in [0.25, 0.3) is 0 Å². The molecule has 3 rings (SSSR count). The molecule has 1 fully saturated rings. The first-order valence-corrected chi connectivity index (χ1v) is 7.98. The summed E-state index contributed by atoms with van der Waals surface area (Å²) in [5.41, 5.74) is 7.05. The molecule has 1 heterocycles. The van der Waals surface area contributed by atoms with Gasteiger partial charge in [-0.25, -0.2) is 0 Å². The summed E-state index contributed by atoms with van der Waals surface area (Å²) < 4.78 is 0. The molecular formula is C18H22N2O2. The second kappa shape index (κ2) is 6.34. The van der Waals surface area contributed by atoms with Crippen molar-refractivity contribution in [3.63, 3.8) is 0 Å². The van der Waals surface area contributed by atoms with Gasteiger partial charge in [-0.1, -0.05) is 24.3 Å². The molecule has 1 aromatic carbocycles. The van der Waals surface area contributed by atoms with E-state index in [0.29, 0.717) is 17.4 Å². The molecule has 0 bridgehead atoms. The summed E-state index contributed by atoms with van der Waals surface area (Å²) in [6.45, 7) is 1.66. The van der Waals surface area contributed by atoms with Crippen molar-refractivity contribution >= 4 is 11.8 Å². The van der Waals surface area contributed by atoms with Gasteiger partial charge in [-0.15, -0.1) is 0 Å². The summed E-state index contributed by atoms with van der Waals surface area (Å²) in [6.07, 6.45) is 7.98. The number of allylic oxidation sites excluding steroid dienone is 2. The molecule has 2 N–H and O–H groups in total. The average Bonchev–Trinajstić information content (AvgIpc) is 3.09. The highest BCUT2D eigenvalue weighted by Gasteiger charge is 2.28. The van der Waals surface area contributed by atoms with Gasteiger partial charge in [-0.3, -0.25) is 9.59 Å². The Kier molecular flexibility index (Phi) is 4.27. The lowest BCUT2D eigenvalue weighted by molar-refractivity contribution is -0.136. The first-order chi connectivity index (χ1) is 10.6. The van der Waals surface area contributed by atoms with Crippen molar-refractivity contribution in [3.05, 3.63) is 47.5 Å². The topological polar surface area (TPSA) is 63.4 Å². The normalized spacial score (nSPS) is 19.5. The van der Waals surface area contributed by atoms with Crippen molar-refractivity contribution in [3.8, 4) is 0 Å². The van der Waals surface area contributed by atoms with Gasteiger partial charge < -0.3 is 10.6 Å². The summed E-state index contributed by atoms with van der Waals surface area (Å²) in [4.78, 5) is 25.5. The zero-order chi connectivity index (χ0) is 15.5. The highest BCUT2D eigenvalue weighted by Crippen LogP contribution is 2.30. The van der Waals surface area contributed by atoms with Crippen LogP contribution in [0.2, 0.25) is 0 Å². The number of benzene rings is 1. The molecule has 116 valence electrons. The molecule has 0 aromatic heterocycles. The fourth-order valence-corrected chi connectivity index (χ4v) is 3.43. The Hall–Kier alpha value is -2.10. The van der Waals surface area contributed by atoms with E-state index in [1.54, 1.807) is 12.1 Å². The quantitative estimate of drug-likeness (QED) is 0.871. The molecule has 22 heavy (non-hydrogen) atoms. The van der Waals surface area contributed by atoms with Crippen molar-refractivity contribution in [2.24, 2.45) is 11.7 Å². The van der Waals surface area contributed by atoms with Gasteiger partial charge in [-0.05, 0) is 49.3 Å². The van der Waals surface area contributed by atoms with Crippen LogP contribution < -0.4 is 5.73 Å². The van der Waals surface area contributed by atoms with Crippen LogP contribution in [0.3, 0.4) is 0 Å². The predicted octanol–water partition coefficient (Wildman–Crippen LogP) is 2.46. The van der Waals surface area contributed by atoms with Crippen LogP contribution in [0.5, 0.6) is 0 Å². The Bertz CT molecular complexity index is 576. The SMILES string of the molecule is NC(=O)c1ccc(C2CCN(C(=O)C3CC=CC3)CC2)cc1. The molecule has 0 radical (unpaired) electrons.